The molecule has 2 rings (SSSR count). The first-order chi connectivity index (χ1) is 12.2. The van der Waals surface area contributed by atoms with Crippen molar-refractivity contribution < 1.29 is 27.5 Å². The van der Waals surface area contributed by atoms with Crippen molar-refractivity contribution in [2.45, 2.75) is 19.1 Å². The van der Waals surface area contributed by atoms with Crippen molar-refractivity contribution >= 4 is 23.5 Å². The fourth-order valence-corrected chi connectivity index (χ4v) is 2.20. The van der Waals surface area contributed by atoms with E-state index in [9.17, 15) is 22.8 Å². The molecule has 0 aliphatic carbocycles. The van der Waals surface area contributed by atoms with Crippen molar-refractivity contribution in [2.75, 3.05) is 6.61 Å². The molecule has 0 aliphatic heterocycles. The first kappa shape index (κ1) is 19.8. The number of hydrogen-bond donors (Lipinski definition) is 1. The summed E-state index contributed by atoms with van der Waals surface area (Å²) >= 11 is 5.75. The summed E-state index contributed by atoms with van der Waals surface area (Å²) < 4.78 is 42.7. The molecule has 0 unspecified atom stereocenters. The minimum atomic E-state index is -4.48. The third-order valence-corrected chi connectivity index (χ3v) is 3.62. The highest BCUT2D eigenvalue weighted by molar-refractivity contribution is 6.30. The van der Waals surface area contributed by atoms with Crippen molar-refractivity contribution in [1.82, 2.24) is 5.32 Å². The van der Waals surface area contributed by atoms with Crippen LogP contribution in [-0.2, 0) is 33.5 Å². The lowest BCUT2D eigenvalue weighted by molar-refractivity contribution is -0.148. The molecule has 2 aromatic carbocycles. The Labute approximate surface area is 152 Å². The minimum Gasteiger partial charge on any atom is -0.455 e. The number of ether oxygens (including phenoxy) is 1. The highest BCUT2D eigenvalue weighted by atomic mass is 35.5. The van der Waals surface area contributed by atoms with E-state index in [1.165, 1.54) is 12.1 Å². The van der Waals surface area contributed by atoms with Crippen LogP contribution < -0.4 is 5.32 Å². The molecule has 0 atom stereocenters. The second kappa shape index (κ2) is 8.71. The smallest absolute Gasteiger partial charge is 0.416 e. The van der Waals surface area contributed by atoms with Crippen LogP contribution in [0.5, 0.6) is 0 Å². The monoisotopic (exact) mass is 385 g/mol. The van der Waals surface area contributed by atoms with Gasteiger partial charge >= 0.3 is 12.1 Å². The fraction of sp³-hybridized carbons (Fsp3) is 0.222. The van der Waals surface area contributed by atoms with Crippen molar-refractivity contribution in [3.63, 3.8) is 0 Å². The van der Waals surface area contributed by atoms with Gasteiger partial charge in [0.25, 0.3) is 5.91 Å². The summed E-state index contributed by atoms with van der Waals surface area (Å²) in [6.07, 6.45) is -4.84. The first-order valence-corrected chi connectivity index (χ1v) is 7.95. The lowest BCUT2D eigenvalue weighted by Gasteiger charge is -2.09. The van der Waals surface area contributed by atoms with Gasteiger partial charge in [-0.3, -0.25) is 9.59 Å². The van der Waals surface area contributed by atoms with Crippen LogP contribution in [0.15, 0.2) is 48.5 Å². The van der Waals surface area contributed by atoms with Crippen LogP contribution in [0.3, 0.4) is 0 Å². The average molecular weight is 386 g/mol. The normalized spacial score (nSPS) is 11.1. The molecule has 0 heterocycles. The number of amides is 1. The van der Waals surface area contributed by atoms with Gasteiger partial charge in [0.2, 0.25) is 0 Å². The quantitative estimate of drug-likeness (QED) is 0.770. The molecule has 4 nitrogen and oxygen atoms in total. The Hall–Kier alpha value is -2.54. The zero-order valence-electron chi connectivity index (χ0n) is 13.5. The molecular weight excluding hydrogens is 371 g/mol. The van der Waals surface area contributed by atoms with Crippen LogP contribution in [0.1, 0.15) is 16.7 Å². The molecule has 0 fully saturated rings. The largest absolute Gasteiger partial charge is 0.455 e. The Kier molecular flexibility index (Phi) is 6.63. The summed E-state index contributed by atoms with van der Waals surface area (Å²) in [4.78, 5) is 23.4. The SMILES string of the molecule is O=C(COC(=O)Cc1cccc(C(F)(F)F)c1)NCc1ccc(Cl)cc1. The third-order valence-electron chi connectivity index (χ3n) is 3.37. The Morgan fingerprint density at radius 2 is 1.73 bits per heavy atom. The van der Waals surface area contributed by atoms with E-state index in [0.29, 0.717) is 5.02 Å². The van der Waals surface area contributed by atoms with Crippen molar-refractivity contribution in [3.8, 4) is 0 Å². The predicted molar refractivity (Wildman–Crippen MR) is 89.4 cm³/mol. The highest BCUT2D eigenvalue weighted by Crippen LogP contribution is 2.29. The second-order valence-corrected chi connectivity index (χ2v) is 5.88. The van der Waals surface area contributed by atoms with Gasteiger partial charge in [0.15, 0.2) is 6.61 Å². The Balaban J connectivity index is 1.77. The Morgan fingerprint density at radius 3 is 2.38 bits per heavy atom. The lowest BCUT2D eigenvalue weighted by Crippen LogP contribution is -2.28. The molecule has 0 radical (unpaired) electrons. The molecule has 1 N–H and O–H groups in total. The number of alkyl halides is 3. The van der Waals surface area contributed by atoms with Gasteiger partial charge < -0.3 is 10.1 Å². The molecule has 1 amide bonds. The van der Waals surface area contributed by atoms with E-state index in [1.807, 2.05) is 0 Å². The topological polar surface area (TPSA) is 55.4 Å². The van der Waals surface area contributed by atoms with Crippen LogP contribution in [0.25, 0.3) is 0 Å². The van der Waals surface area contributed by atoms with Crippen LogP contribution in [0.4, 0.5) is 13.2 Å². The molecule has 0 saturated heterocycles. The summed E-state index contributed by atoms with van der Waals surface area (Å²) in [7, 11) is 0. The number of carbonyl (C=O) groups excluding carboxylic acids is 2. The van der Waals surface area contributed by atoms with Crippen molar-refractivity contribution in [2.24, 2.45) is 0 Å². The number of benzene rings is 2. The molecule has 138 valence electrons. The molecule has 0 aromatic heterocycles. The molecule has 0 aliphatic rings. The summed E-state index contributed by atoms with van der Waals surface area (Å²) in [5.41, 5.74) is 0.132. The van der Waals surface area contributed by atoms with Gasteiger partial charge in [0, 0.05) is 11.6 Å². The zero-order valence-corrected chi connectivity index (χ0v) is 14.2. The standard InChI is InChI=1S/C18H15ClF3NO3/c19-15-6-4-12(5-7-15)10-23-16(24)11-26-17(25)9-13-2-1-3-14(8-13)18(20,21)22/h1-8H,9-11H2,(H,23,24). The number of halogens is 4. The second-order valence-electron chi connectivity index (χ2n) is 5.44. The minimum absolute atomic E-state index is 0.159. The van der Waals surface area contributed by atoms with E-state index >= 15 is 0 Å². The Bertz CT molecular complexity index is 776. The van der Waals surface area contributed by atoms with Gasteiger partial charge in [-0.15, -0.1) is 0 Å². The van der Waals surface area contributed by atoms with E-state index < -0.39 is 30.2 Å². The van der Waals surface area contributed by atoms with Crippen molar-refractivity contribution in [3.05, 3.63) is 70.2 Å². The third kappa shape index (κ3) is 6.40. The zero-order chi connectivity index (χ0) is 19.2. The van der Waals surface area contributed by atoms with Gasteiger partial charge in [-0.05, 0) is 29.3 Å². The molecular formula is C18H15ClF3NO3. The number of nitrogens with one attached hydrogen (secondary N) is 1. The maximum absolute atomic E-state index is 12.6. The van der Waals surface area contributed by atoms with E-state index in [0.717, 1.165) is 17.7 Å². The molecule has 0 spiro atoms. The summed E-state index contributed by atoms with van der Waals surface area (Å²) in [6, 6.07) is 11.2. The van der Waals surface area contributed by atoms with E-state index in [4.69, 9.17) is 16.3 Å². The van der Waals surface area contributed by atoms with Crippen LogP contribution in [-0.4, -0.2) is 18.5 Å². The van der Waals surface area contributed by atoms with Crippen molar-refractivity contribution in [1.29, 1.82) is 0 Å². The van der Waals surface area contributed by atoms with E-state index in [-0.39, 0.29) is 18.5 Å². The molecule has 8 heteroatoms. The summed E-state index contributed by atoms with van der Waals surface area (Å²) in [5.74, 6) is -1.30. The highest BCUT2D eigenvalue weighted by Gasteiger charge is 2.30. The number of esters is 1. The number of carbonyl (C=O) groups is 2. The van der Waals surface area contributed by atoms with E-state index in [1.54, 1.807) is 24.3 Å². The van der Waals surface area contributed by atoms with Crippen LogP contribution in [0.2, 0.25) is 5.02 Å². The van der Waals surface area contributed by atoms with Gasteiger partial charge in [-0.25, -0.2) is 0 Å². The molecule has 0 saturated carbocycles. The summed E-state index contributed by atoms with van der Waals surface area (Å²) in [6.45, 7) is -0.271. The molecule has 2 aromatic rings. The van der Waals surface area contributed by atoms with Crippen LogP contribution >= 0.6 is 11.6 Å². The van der Waals surface area contributed by atoms with E-state index in [2.05, 4.69) is 5.32 Å². The Morgan fingerprint density at radius 1 is 1.04 bits per heavy atom. The summed E-state index contributed by atoms with van der Waals surface area (Å²) in [5, 5.41) is 3.13. The average Bonchev–Trinajstić information content (AvgIpc) is 2.59. The van der Waals surface area contributed by atoms with Gasteiger partial charge in [0.05, 0.1) is 12.0 Å². The first-order valence-electron chi connectivity index (χ1n) is 7.57. The fourth-order valence-electron chi connectivity index (χ4n) is 2.08. The number of rotatable bonds is 6. The van der Waals surface area contributed by atoms with Crippen LogP contribution in [0, 0.1) is 0 Å². The number of hydrogen-bond acceptors (Lipinski definition) is 3. The lowest BCUT2D eigenvalue weighted by atomic mass is 10.1. The van der Waals surface area contributed by atoms with Gasteiger partial charge in [0.1, 0.15) is 0 Å². The van der Waals surface area contributed by atoms with Gasteiger partial charge in [-0.2, -0.15) is 13.2 Å². The molecule has 26 heavy (non-hydrogen) atoms. The van der Waals surface area contributed by atoms with Gasteiger partial charge in [-0.1, -0.05) is 41.9 Å². The predicted octanol–water partition coefficient (Wildman–Crippen LogP) is 3.76. The maximum Gasteiger partial charge on any atom is 0.416 e. The maximum atomic E-state index is 12.6. The molecule has 0 bridgehead atoms.